The number of nitrogens with one attached hydrogen (secondary N) is 1. The minimum atomic E-state index is 0.304. The molecule has 1 N–H and O–H groups in total. The number of thioether (sulfide) groups is 1. The van der Waals surface area contributed by atoms with E-state index in [1.165, 1.54) is 16.0 Å². The van der Waals surface area contributed by atoms with Crippen molar-refractivity contribution in [2.45, 2.75) is 30.6 Å². The summed E-state index contributed by atoms with van der Waals surface area (Å²) in [4.78, 5) is 14.8. The second kappa shape index (κ2) is 7.03. The van der Waals surface area contributed by atoms with Crippen LogP contribution in [0.2, 0.25) is 5.02 Å². The van der Waals surface area contributed by atoms with Crippen LogP contribution in [0.4, 0.5) is 0 Å². The molecule has 2 heterocycles. The van der Waals surface area contributed by atoms with Crippen molar-refractivity contribution in [3.05, 3.63) is 28.3 Å². The van der Waals surface area contributed by atoms with Gasteiger partial charge in [0.25, 0.3) is 0 Å². The van der Waals surface area contributed by atoms with Gasteiger partial charge in [-0.2, -0.15) is 0 Å². The highest BCUT2D eigenvalue weighted by atomic mass is 35.5. The first kappa shape index (κ1) is 15.2. The second-order valence-corrected chi connectivity index (χ2v) is 7.11. The zero-order chi connectivity index (χ0) is 14.7. The third-order valence-corrected chi connectivity index (χ3v) is 5.78. The Kier molecular flexibility index (Phi) is 5.09. The predicted molar refractivity (Wildman–Crippen MR) is 88.3 cm³/mol. The molecule has 0 aliphatic carbocycles. The van der Waals surface area contributed by atoms with Gasteiger partial charge in [-0.15, -0.1) is 11.8 Å². The van der Waals surface area contributed by atoms with Crippen molar-refractivity contribution in [3.63, 3.8) is 0 Å². The molecule has 0 atom stereocenters. The number of hydrogen-bond acceptors (Lipinski definition) is 3. The van der Waals surface area contributed by atoms with Crippen LogP contribution in [0.3, 0.4) is 0 Å². The smallest absolute Gasteiger partial charge is 0.222 e. The van der Waals surface area contributed by atoms with Gasteiger partial charge in [-0.1, -0.05) is 17.7 Å². The lowest BCUT2D eigenvalue weighted by molar-refractivity contribution is -0.127. The molecule has 2 aliphatic rings. The minimum Gasteiger partial charge on any atom is -0.342 e. The lowest BCUT2D eigenvalue weighted by Gasteiger charge is -2.17. The van der Waals surface area contributed by atoms with Gasteiger partial charge in [0, 0.05) is 30.2 Å². The first-order chi connectivity index (χ1) is 10.3. The van der Waals surface area contributed by atoms with E-state index in [-0.39, 0.29) is 0 Å². The first-order valence-corrected chi connectivity index (χ1v) is 9.03. The molecule has 1 aromatic carbocycles. The van der Waals surface area contributed by atoms with E-state index < -0.39 is 0 Å². The number of carbonyl (C=O) groups is 1. The summed E-state index contributed by atoms with van der Waals surface area (Å²) in [6, 6.07) is 4.19. The number of hydrogen-bond donors (Lipinski definition) is 1. The molecule has 0 unspecified atom stereocenters. The van der Waals surface area contributed by atoms with E-state index in [1.54, 1.807) is 11.8 Å². The fraction of sp³-hybridized carbons (Fsp3) is 0.562. The van der Waals surface area contributed by atoms with Gasteiger partial charge in [-0.05, 0) is 49.5 Å². The SMILES string of the molecule is O=C1CCCN1CCSc1c(Cl)ccc2c1CCNCC2. The minimum absolute atomic E-state index is 0.304. The molecule has 1 fully saturated rings. The van der Waals surface area contributed by atoms with Crippen molar-refractivity contribution in [2.24, 2.45) is 0 Å². The van der Waals surface area contributed by atoms with Gasteiger partial charge in [-0.25, -0.2) is 0 Å². The molecule has 0 aromatic heterocycles. The highest BCUT2D eigenvalue weighted by Gasteiger charge is 2.20. The first-order valence-electron chi connectivity index (χ1n) is 7.67. The highest BCUT2D eigenvalue weighted by molar-refractivity contribution is 7.99. The number of rotatable bonds is 4. The Labute approximate surface area is 135 Å². The molecule has 0 bridgehead atoms. The van der Waals surface area contributed by atoms with Crippen LogP contribution in [0.15, 0.2) is 17.0 Å². The van der Waals surface area contributed by atoms with E-state index in [0.717, 1.165) is 62.6 Å². The third kappa shape index (κ3) is 3.55. The van der Waals surface area contributed by atoms with Gasteiger partial charge in [0.15, 0.2) is 0 Å². The van der Waals surface area contributed by atoms with Crippen molar-refractivity contribution in [1.29, 1.82) is 0 Å². The fourth-order valence-corrected chi connectivity index (χ4v) is 4.53. The molecule has 1 amide bonds. The number of fused-ring (bicyclic) bond motifs is 1. The van der Waals surface area contributed by atoms with E-state index in [4.69, 9.17) is 11.6 Å². The van der Waals surface area contributed by atoms with Gasteiger partial charge in [0.2, 0.25) is 5.91 Å². The molecule has 1 aromatic rings. The van der Waals surface area contributed by atoms with Crippen LogP contribution in [0.1, 0.15) is 24.0 Å². The summed E-state index contributed by atoms with van der Waals surface area (Å²) >= 11 is 8.22. The van der Waals surface area contributed by atoms with Crippen molar-refractivity contribution < 1.29 is 4.79 Å². The average Bonchev–Trinajstić information content (AvgIpc) is 2.74. The standard InChI is InChI=1S/C16H21ClN2OS/c17-14-4-3-12-5-7-18-8-6-13(12)16(14)21-11-10-19-9-1-2-15(19)20/h3-4,18H,1-2,5-11H2. The quantitative estimate of drug-likeness (QED) is 0.864. The fourth-order valence-electron chi connectivity index (χ4n) is 3.06. The average molecular weight is 325 g/mol. The van der Waals surface area contributed by atoms with Crippen LogP contribution in [0.25, 0.3) is 0 Å². The predicted octanol–water partition coefficient (Wildman–Crippen LogP) is 2.74. The van der Waals surface area contributed by atoms with Crippen LogP contribution in [-0.4, -0.2) is 42.7 Å². The van der Waals surface area contributed by atoms with Gasteiger partial charge in [0.05, 0.1) is 5.02 Å². The number of halogens is 1. The molecule has 0 radical (unpaired) electrons. The molecule has 114 valence electrons. The highest BCUT2D eigenvalue weighted by Crippen LogP contribution is 2.34. The van der Waals surface area contributed by atoms with Crippen LogP contribution >= 0.6 is 23.4 Å². The lowest BCUT2D eigenvalue weighted by atomic mass is 10.0. The maximum absolute atomic E-state index is 11.6. The van der Waals surface area contributed by atoms with Gasteiger partial charge < -0.3 is 10.2 Å². The van der Waals surface area contributed by atoms with Crippen LogP contribution < -0.4 is 5.32 Å². The zero-order valence-electron chi connectivity index (χ0n) is 12.2. The number of likely N-dealkylation sites (tertiary alicyclic amines) is 1. The Morgan fingerprint density at radius 3 is 2.90 bits per heavy atom. The summed E-state index contributed by atoms with van der Waals surface area (Å²) < 4.78 is 0. The normalized spacial score (nSPS) is 18.7. The van der Waals surface area contributed by atoms with Crippen LogP contribution in [0, 0.1) is 0 Å². The molecule has 3 rings (SSSR count). The monoisotopic (exact) mass is 324 g/mol. The molecule has 5 heteroatoms. The van der Waals surface area contributed by atoms with E-state index in [1.807, 2.05) is 11.0 Å². The molecular formula is C16H21ClN2OS. The van der Waals surface area contributed by atoms with E-state index >= 15 is 0 Å². The van der Waals surface area contributed by atoms with Crippen molar-refractivity contribution in [2.75, 3.05) is 31.9 Å². The lowest BCUT2D eigenvalue weighted by Crippen LogP contribution is -2.26. The van der Waals surface area contributed by atoms with Crippen molar-refractivity contribution in [1.82, 2.24) is 10.2 Å². The Morgan fingerprint density at radius 2 is 2.10 bits per heavy atom. The second-order valence-electron chi connectivity index (χ2n) is 5.60. The van der Waals surface area contributed by atoms with E-state index in [9.17, 15) is 4.79 Å². The molecule has 0 spiro atoms. The Hall–Kier alpha value is -0.710. The van der Waals surface area contributed by atoms with Gasteiger partial charge in [0.1, 0.15) is 0 Å². The molecule has 0 saturated carbocycles. The zero-order valence-corrected chi connectivity index (χ0v) is 13.7. The summed E-state index contributed by atoms with van der Waals surface area (Å²) in [5.74, 6) is 1.23. The summed E-state index contributed by atoms with van der Waals surface area (Å²) in [6.45, 7) is 3.82. The largest absolute Gasteiger partial charge is 0.342 e. The molecule has 2 aliphatic heterocycles. The molecule has 1 saturated heterocycles. The van der Waals surface area contributed by atoms with Crippen LogP contribution in [0.5, 0.6) is 0 Å². The van der Waals surface area contributed by atoms with E-state index in [2.05, 4.69) is 11.4 Å². The molecule has 3 nitrogen and oxygen atoms in total. The summed E-state index contributed by atoms with van der Waals surface area (Å²) in [6.07, 6.45) is 3.85. The van der Waals surface area contributed by atoms with Crippen LogP contribution in [-0.2, 0) is 17.6 Å². The number of amides is 1. The Bertz CT molecular complexity index is 535. The number of carbonyl (C=O) groups excluding carboxylic acids is 1. The van der Waals surface area contributed by atoms with Gasteiger partial charge >= 0.3 is 0 Å². The number of nitrogens with zero attached hydrogens (tertiary/aromatic N) is 1. The topological polar surface area (TPSA) is 32.3 Å². The summed E-state index contributed by atoms with van der Waals surface area (Å²) in [5, 5.41) is 4.30. The number of benzene rings is 1. The maximum Gasteiger partial charge on any atom is 0.222 e. The summed E-state index contributed by atoms with van der Waals surface area (Å²) in [5.41, 5.74) is 2.83. The Balaban J connectivity index is 1.68. The Morgan fingerprint density at radius 1 is 1.24 bits per heavy atom. The van der Waals surface area contributed by atoms with E-state index in [0.29, 0.717) is 5.91 Å². The summed E-state index contributed by atoms with van der Waals surface area (Å²) in [7, 11) is 0. The van der Waals surface area contributed by atoms with Crippen molar-refractivity contribution >= 4 is 29.3 Å². The van der Waals surface area contributed by atoms with Crippen molar-refractivity contribution in [3.8, 4) is 0 Å². The maximum atomic E-state index is 11.6. The molecular weight excluding hydrogens is 304 g/mol. The molecule has 21 heavy (non-hydrogen) atoms. The van der Waals surface area contributed by atoms with Gasteiger partial charge in [-0.3, -0.25) is 4.79 Å². The third-order valence-electron chi connectivity index (χ3n) is 4.21.